The summed E-state index contributed by atoms with van der Waals surface area (Å²) in [6.45, 7) is 5.10. The van der Waals surface area contributed by atoms with Crippen LogP contribution in [0.25, 0.3) is 0 Å². The molecule has 1 rings (SSSR count). The van der Waals surface area contributed by atoms with E-state index in [-0.39, 0.29) is 6.04 Å². The van der Waals surface area contributed by atoms with Crippen molar-refractivity contribution in [1.29, 1.82) is 0 Å². The van der Waals surface area contributed by atoms with Gasteiger partial charge in [0.1, 0.15) is 0 Å². The van der Waals surface area contributed by atoms with Crippen molar-refractivity contribution < 1.29 is 4.74 Å². The molecule has 2 N–H and O–H groups in total. The van der Waals surface area contributed by atoms with E-state index in [9.17, 15) is 0 Å². The standard InChI is InChI=1S/C12H22N4O/c1-9(2)10(13)6-8-16(3)12-14-7-5-11(15-12)17-4/h5,7,9-10H,6,8,13H2,1-4H3. The van der Waals surface area contributed by atoms with Gasteiger partial charge in [0.2, 0.25) is 11.8 Å². The van der Waals surface area contributed by atoms with Crippen molar-refractivity contribution >= 4 is 5.95 Å². The average Bonchev–Trinajstić information content (AvgIpc) is 2.35. The van der Waals surface area contributed by atoms with Crippen molar-refractivity contribution in [3.63, 3.8) is 0 Å². The van der Waals surface area contributed by atoms with Gasteiger partial charge in [0.15, 0.2) is 0 Å². The van der Waals surface area contributed by atoms with Gasteiger partial charge < -0.3 is 15.4 Å². The summed E-state index contributed by atoms with van der Waals surface area (Å²) in [7, 11) is 3.56. The zero-order valence-electron chi connectivity index (χ0n) is 11.1. The van der Waals surface area contributed by atoms with Crippen LogP contribution in [-0.4, -0.2) is 36.7 Å². The first-order valence-electron chi connectivity index (χ1n) is 5.88. The fourth-order valence-electron chi connectivity index (χ4n) is 1.41. The van der Waals surface area contributed by atoms with Gasteiger partial charge in [-0.25, -0.2) is 4.98 Å². The van der Waals surface area contributed by atoms with E-state index < -0.39 is 0 Å². The third-order valence-electron chi connectivity index (χ3n) is 2.82. The number of rotatable bonds is 6. The molecule has 0 aliphatic rings. The van der Waals surface area contributed by atoms with E-state index in [1.54, 1.807) is 19.4 Å². The van der Waals surface area contributed by atoms with Crippen molar-refractivity contribution in [3.8, 4) is 5.88 Å². The Morgan fingerprint density at radius 1 is 1.47 bits per heavy atom. The highest BCUT2D eigenvalue weighted by Crippen LogP contribution is 2.12. The van der Waals surface area contributed by atoms with Crippen molar-refractivity contribution in [2.24, 2.45) is 11.7 Å². The molecule has 0 saturated carbocycles. The van der Waals surface area contributed by atoms with Crippen LogP contribution in [0.4, 0.5) is 5.95 Å². The topological polar surface area (TPSA) is 64.3 Å². The van der Waals surface area contributed by atoms with E-state index >= 15 is 0 Å². The molecule has 0 fully saturated rings. The Hall–Kier alpha value is -1.36. The Balaban J connectivity index is 2.54. The van der Waals surface area contributed by atoms with Gasteiger partial charge in [-0.15, -0.1) is 0 Å². The van der Waals surface area contributed by atoms with Gasteiger partial charge in [-0.1, -0.05) is 13.8 Å². The third-order valence-corrected chi connectivity index (χ3v) is 2.82. The molecule has 0 bridgehead atoms. The van der Waals surface area contributed by atoms with E-state index in [2.05, 4.69) is 23.8 Å². The maximum atomic E-state index is 6.01. The van der Waals surface area contributed by atoms with Crippen LogP contribution >= 0.6 is 0 Å². The second kappa shape index (κ2) is 6.39. The summed E-state index contributed by atoms with van der Waals surface area (Å²) in [6, 6.07) is 1.94. The largest absolute Gasteiger partial charge is 0.481 e. The third kappa shape index (κ3) is 4.19. The number of anilines is 1. The lowest BCUT2D eigenvalue weighted by atomic mass is 10.0. The predicted octanol–water partition coefficient (Wildman–Crippen LogP) is 1.29. The van der Waals surface area contributed by atoms with Gasteiger partial charge in [-0.2, -0.15) is 4.98 Å². The normalized spacial score (nSPS) is 12.6. The molecule has 1 unspecified atom stereocenters. The summed E-state index contributed by atoms with van der Waals surface area (Å²) in [5.41, 5.74) is 6.01. The van der Waals surface area contributed by atoms with Crippen LogP contribution in [0.1, 0.15) is 20.3 Å². The van der Waals surface area contributed by atoms with E-state index in [1.807, 2.05) is 11.9 Å². The molecular formula is C12H22N4O. The number of nitrogens with two attached hydrogens (primary N) is 1. The minimum absolute atomic E-state index is 0.211. The van der Waals surface area contributed by atoms with Gasteiger partial charge in [0.05, 0.1) is 7.11 Å². The van der Waals surface area contributed by atoms with Crippen LogP contribution in [0, 0.1) is 5.92 Å². The minimum atomic E-state index is 0.211. The highest BCUT2D eigenvalue weighted by atomic mass is 16.5. The van der Waals surface area contributed by atoms with E-state index in [1.165, 1.54) is 0 Å². The molecule has 1 atom stereocenters. The maximum Gasteiger partial charge on any atom is 0.228 e. The summed E-state index contributed by atoms with van der Waals surface area (Å²) in [5, 5.41) is 0. The first-order valence-corrected chi connectivity index (χ1v) is 5.88. The second-order valence-corrected chi connectivity index (χ2v) is 4.52. The Kier molecular flexibility index (Phi) is 5.15. The predicted molar refractivity (Wildman–Crippen MR) is 69.3 cm³/mol. The fourth-order valence-corrected chi connectivity index (χ4v) is 1.41. The van der Waals surface area contributed by atoms with Crippen molar-refractivity contribution in [2.75, 3.05) is 25.6 Å². The molecule has 0 spiro atoms. The summed E-state index contributed by atoms with van der Waals surface area (Å²) in [6.07, 6.45) is 2.62. The van der Waals surface area contributed by atoms with E-state index in [0.717, 1.165) is 13.0 Å². The molecule has 1 aromatic heterocycles. The Labute approximate surface area is 103 Å². The molecule has 0 radical (unpaired) electrons. The summed E-state index contributed by atoms with van der Waals surface area (Å²) in [5.74, 6) is 1.74. The smallest absolute Gasteiger partial charge is 0.228 e. The molecule has 5 heteroatoms. The SMILES string of the molecule is COc1ccnc(N(C)CCC(N)C(C)C)n1. The number of hydrogen-bond acceptors (Lipinski definition) is 5. The van der Waals surface area contributed by atoms with Crippen molar-refractivity contribution in [2.45, 2.75) is 26.3 Å². The quantitative estimate of drug-likeness (QED) is 0.809. The molecule has 0 aliphatic carbocycles. The first kappa shape index (κ1) is 13.7. The Morgan fingerprint density at radius 3 is 2.76 bits per heavy atom. The number of hydrogen-bond donors (Lipinski definition) is 1. The molecule has 0 aromatic carbocycles. The zero-order chi connectivity index (χ0) is 12.8. The molecule has 17 heavy (non-hydrogen) atoms. The van der Waals surface area contributed by atoms with Gasteiger partial charge in [-0.3, -0.25) is 0 Å². The molecule has 5 nitrogen and oxygen atoms in total. The van der Waals surface area contributed by atoms with E-state index in [0.29, 0.717) is 17.7 Å². The molecule has 0 aliphatic heterocycles. The number of ether oxygens (including phenoxy) is 1. The minimum Gasteiger partial charge on any atom is -0.481 e. The molecule has 96 valence electrons. The lowest BCUT2D eigenvalue weighted by Gasteiger charge is -2.21. The van der Waals surface area contributed by atoms with Gasteiger partial charge in [0, 0.05) is 31.9 Å². The van der Waals surface area contributed by atoms with Crippen LogP contribution in [-0.2, 0) is 0 Å². The van der Waals surface area contributed by atoms with Crippen molar-refractivity contribution in [1.82, 2.24) is 9.97 Å². The first-order chi connectivity index (χ1) is 8.04. The van der Waals surface area contributed by atoms with Gasteiger partial charge in [-0.05, 0) is 12.3 Å². The van der Waals surface area contributed by atoms with Gasteiger partial charge >= 0.3 is 0 Å². The van der Waals surface area contributed by atoms with Crippen LogP contribution < -0.4 is 15.4 Å². The second-order valence-electron chi connectivity index (χ2n) is 4.52. The van der Waals surface area contributed by atoms with Gasteiger partial charge in [0.25, 0.3) is 0 Å². The highest BCUT2D eigenvalue weighted by Gasteiger charge is 2.11. The fraction of sp³-hybridized carbons (Fsp3) is 0.667. The number of methoxy groups -OCH3 is 1. The highest BCUT2D eigenvalue weighted by molar-refractivity contribution is 5.30. The molecule has 0 amide bonds. The lowest BCUT2D eigenvalue weighted by molar-refractivity contribution is 0.396. The maximum absolute atomic E-state index is 6.01. The van der Waals surface area contributed by atoms with Crippen LogP contribution in [0.2, 0.25) is 0 Å². The number of nitrogens with zero attached hydrogens (tertiary/aromatic N) is 3. The zero-order valence-corrected chi connectivity index (χ0v) is 11.1. The number of aromatic nitrogens is 2. The molecular weight excluding hydrogens is 216 g/mol. The molecule has 1 heterocycles. The van der Waals surface area contributed by atoms with E-state index in [4.69, 9.17) is 10.5 Å². The Bertz CT molecular complexity index is 343. The van der Waals surface area contributed by atoms with Crippen LogP contribution in [0.5, 0.6) is 5.88 Å². The monoisotopic (exact) mass is 238 g/mol. The average molecular weight is 238 g/mol. The summed E-state index contributed by atoms with van der Waals surface area (Å²) >= 11 is 0. The summed E-state index contributed by atoms with van der Waals surface area (Å²) in [4.78, 5) is 10.5. The van der Waals surface area contributed by atoms with Crippen LogP contribution in [0.3, 0.4) is 0 Å². The summed E-state index contributed by atoms with van der Waals surface area (Å²) < 4.78 is 5.07. The molecule has 0 saturated heterocycles. The lowest BCUT2D eigenvalue weighted by Crippen LogP contribution is -2.32. The van der Waals surface area contributed by atoms with Crippen molar-refractivity contribution in [3.05, 3.63) is 12.3 Å². The van der Waals surface area contributed by atoms with Crippen LogP contribution in [0.15, 0.2) is 12.3 Å². The Morgan fingerprint density at radius 2 is 2.18 bits per heavy atom. The molecule has 1 aromatic rings.